The van der Waals surface area contributed by atoms with E-state index >= 15 is 0 Å². The molecule has 0 spiro atoms. The molecule has 2 unspecified atom stereocenters. The Morgan fingerprint density at radius 1 is 1.26 bits per heavy atom. The highest BCUT2D eigenvalue weighted by Gasteiger charge is 2.25. The normalized spacial score (nSPS) is 20.8. The highest BCUT2D eigenvalue weighted by Crippen LogP contribution is 2.28. The number of carbonyl (C=O) groups is 2. The first kappa shape index (κ1) is 17.8. The summed E-state index contributed by atoms with van der Waals surface area (Å²) < 4.78 is 10.0. The lowest BCUT2D eigenvalue weighted by Gasteiger charge is -2.29. The van der Waals surface area contributed by atoms with E-state index in [-0.39, 0.29) is 23.2 Å². The molecule has 23 heavy (non-hydrogen) atoms. The summed E-state index contributed by atoms with van der Waals surface area (Å²) in [4.78, 5) is 23.3. The largest absolute Gasteiger partial charge is 0.466 e. The minimum Gasteiger partial charge on any atom is -0.466 e. The summed E-state index contributed by atoms with van der Waals surface area (Å²) in [6.45, 7) is 5.16. The average Bonchev–Trinajstić information content (AvgIpc) is 2.56. The number of ether oxygens (including phenoxy) is 2. The van der Waals surface area contributed by atoms with Crippen LogP contribution in [0.25, 0.3) is 0 Å². The second kappa shape index (κ2) is 8.93. The van der Waals surface area contributed by atoms with Crippen LogP contribution in [0.2, 0.25) is 0 Å². The molecule has 0 amide bonds. The molecule has 1 heterocycles. The van der Waals surface area contributed by atoms with Gasteiger partial charge in [0.2, 0.25) is 0 Å². The zero-order valence-electron chi connectivity index (χ0n) is 13.5. The topological polar surface area (TPSA) is 64.6 Å². The Kier molecular flexibility index (Phi) is 6.92. The number of thioether (sulfide) groups is 1. The standard InChI is InChI=1S/C17H23NO4S/c1-3-21-16(19)9-14-10-18-15(11-23-14)12-6-5-7-13(8-12)17(20)22-4-2/h5-8,14-15,18H,3-4,9-11H2,1-2H3. The molecule has 5 nitrogen and oxygen atoms in total. The maximum absolute atomic E-state index is 11.8. The van der Waals surface area contributed by atoms with Crippen LogP contribution in [0.4, 0.5) is 0 Å². The van der Waals surface area contributed by atoms with Crippen LogP contribution in [0, 0.1) is 0 Å². The molecule has 1 aromatic rings. The zero-order chi connectivity index (χ0) is 16.7. The van der Waals surface area contributed by atoms with Crippen molar-refractivity contribution < 1.29 is 19.1 Å². The van der Waals surface area contributed by atoms with Gasteiger partial charge in [0.05, 0.1) is 25.2 Å². The van der Waals surface area contributed by atoms with Gasteiger partial charge >= 0.3 is 11.9 Å². The first-order valence-electron chi connectivity index (χ1n) is 7.91. The second-order valence-corrected chi connectivity index (χ2v) is 6.60. The van der Waals surface area contributed by atoms with Gasteiger partial charge < -0.3 is 14.8 Å². The Morgan fingerprint density at radius 2 is 2.04 bits per heavy atom. The third-order valence-electron chi connectivity index (χ3n) is 3.59. The molecule has 126 valence electrons. The van der Waals surface area contributed by atoms with E-state index in [1.165, 1.54) is 0 Å². The lowest BCUT2D eigenvalue weighted by molar-refractivity contribution is -0.143. The summed E-state index contributed by atoms with van der Waals surface area (Å²) in [6.07, 6.45) is 0.432. The lowest BCUT2D eigenvalue weighted by Crippen LogP contribution is -2.37. The molecule has 2 atom stereocenters. The molecule has 0 radical (unpaired) electrons. The van der Waals surface area contributed by atoms with E-state index in [2.05, 4.69) is 5.32 Å². The Morgan fingerprint density at radius 3 is 2.70 bits per heavy atom. The van der Waals surface area contributed by atoms with Crippen molar-refractivity contribution in [3.63, 3.8) is 0 Å². The van der Waals surface area contributed by atoms with Crippen LogP contribution in [0.15, 0.2) is 24.3 Å². The molecule has 0 saturated carbocycles. The van der Waals surface area contributed by atoms with Gasteiger partial charge in [0.15, 0.2) is 0 Å². The fourth-order valence-electron chi connectivity index (χ4n) is 2.47. The number of rotatable bonds is 6. The van der Waals surface area contributed by atoms with Crippen LogP contribution < -0.4 is 5.32 Å². The summed E-state index contributed by atoms with van der Waals surface area (Å²) in [7, 11) is 0. The van der Waals surface area contributed by atoms with Crippen LogP contribution >= 0.6 is 11.8 Å². The van der Waals surface area contributed by atoms with Crippen molar-refractivity contribution in [2.24, 2.45) is 0 Å². The highest BCUT2D eigenvalue weighted by molar-refractivity contribution is 8.00. The van der Waals surface area contributed by atoms with Gasteiger partial charge in [0.25, 0.3) is 0 Å². The molecule has 1 aliphatic rings. The molecule has 0 aromatic heterocycles. The molecule has 0 aliphatic carbocycles. The average molecular weight is 337 g/mol. The Bertz CT molecular complexity index is 541. The number of esters is 2. The van der Waals surface area contributed by atoms with E-state index in [9.17, 15) is 9.59 Å². The van der Waals surface area contributed by atoms with Crippen molar-refractivity contribution in [2.75, 3.05) is 25.5 Å². The van der Waals surface area contributed by atoms with E-state index in [0.29, 0.717) is 25.2 Å². The van der Waals surface area contributed by atoms with Crippen LogP contribution in [-0.2, 0) is 14.3 Å². The number of hydrogen-bond donors (Lipinski definition) is 1. The SMILES string of the molecule is CCOC(=O)CC1CNC(c2cccc(C(=O)OCC)c2)CS1. The van der Waals surface area contributed by atoms with Crippen LogP contribution in [0.3, 0.4) is 0 Å². The number of nitrogens with one attached hydrogen (secondary N) is 1. The molecule has 0 bridgehead atoms. The molecule has 6 heteroatoms. The first-order chi connectivity index (χ1) is 11.1. The molecule has 1 aromatic carbocycles. The Balaban J connectivity index is 1.91. The number of benzene rings is 1. The lowest BCUT2D eigenvalue weighted by atomic mass is 10.0. The Labute approximate surface area is 141 Å². The van der Waals surface area contributed by atoms with E-state index in [0.717, 1.165) is 17.9 Å². The Hall–Kier alpha value is -1.53. The molecular weight excluding hydrogens is 314 g/mol. The van der Waals surface area contributed by atoms with E-state index in [1.807, 2.05) is 25.1 Å². The number of carbonyl (C=O) groups excluding carboxylic acids is 2. The molecule has 1 saturated heterocycles. The molecule has 1 aliphatic heterocycles. The summed E-state index contributed by atoms with van der Waals surface area (Å²) in [5.74, 6) is 0.420. The third kappa shape index (κ3) is 5.25. The van der Waals surface area contributed by atoms with Gasteiger partial charge in [0.1, 0.15) is 0 Å². The van der Waals surface area contributed by atoms with Gasteiger partial charge in [-0.05, 0) is 31.5 Å². The van der Waals surface area contributed by atoms with Gasteiger partial charge in [-0.15, -0.1) is 0 Å². The van der Waals surface area contributed by atoms with E-state index in [1.54, 1.807) is 24.8 Å². The quantitative estimate of drug-likeness (QED) is 0.805. The smallest absolute Gasteiger partial charge is 0.338 e. The molecular formula is C17H23NO4S. The third-order valence-corrected chi connectivity index (χ3v) is 4.92. The van der Waals surface area contributed by atoms with Gasteiger partial charge in [-0.25, -0.2) is 4.79 Å². The van der Waals surface area contributed by atoms with E-state index < -0.39 is 0 Å². The van der Waals surface area contributed by atoms with Crippen LogP contribution in [-0.4, -0.2) is 42.7 Å². The molecule has 1 fully saturated rings. The monoisotopic (exact) mass is 337 g/mol. The van der Waals surface area contributed by atoms with Crippen molar-refractivity contribution in [1.29, 1.82) is 0 Å². The fourth-order valence-corrected chi connectivity index (χ4v) is 3.71. The fraction of sp³-hybridized carbons (Fsp3) is 0.529. The van der Waals surface area contributed by atoms with Crippen molar-refractivity contribution in [3.05, 3.63) is 35.4 Å². The minimum absolute atomic E-state index is 0.144. The van der Waals surface area contributed by atoms with Gasteiger partial charge in [-0.2, -0.15) is 11.8 Å². The minimum atomic E-state index is -0.294. The summed E-state index contributed by atoms with van der Waals surface area (Å²) >= 11 is 1.77. The highest BCUT2D eigenvalue weighted by atomic mass is 32.2. The maximum atomic E-state index is 11.8. The van der Waals surface area contributed by atoms with E-state index in [4.69, 9.17) is 9.47 Å². The van der Waals surface area contributed by atoms with Crippen molar-refractivity contribution >= 4 is 23.7 Å². The first-order valence-corrected chi connectivity index (χ1v) is 8.96. The number of hydrogen-bond acceptors (Lipinski definition) is 6. The summed E-state index contributed by atoms with van der Waals surface area (Å²) in [6, 6.07) is 7.70. The van der Waals surface area contributed by atoms with Crippen molar-refractivity contribution in [3.8, 4) is 0 Å². The predicted molar refractivity (Wildman–Crippen MR) is 90.6 cm³/mol. The van der Waals surface area contributed by atoms with Gasteiger partial charge in [-0.3, -0.25) is 4.79 Å². The molecule has 1 N–H and O–H groups in total. The van der Waals surface area contributed by atoms with Gasteiger partial charge in [0, 0.05) is 23.6 Å². The predicted octanol–water partition coefficient (Wildman–Crippen LogP) is 2.56. The van der Waals surface area contributed by atoms with Crippen LogP contribution in [0.5, 0.6) is 0 Å². The summed E-state index contributed by atoms with van der Waals surface area (Å²) in [5.41, 5.74) is 1.64. The van der Waals surface area contributed by atoms with Gasteiger partial charge in [-0.1, -0.05) is 12.1 Å². The maximum Gasteiger partial charge on any atom is 0.338 e. The van der Waals surface area contributed by atoms with Crippen molar-refractivity contribution in [1.82, 2.24) is 5.32 Å². The summed E-state index contributed by atoms with van der Waals surface area (Å²) in [5, 5.41) is 3.69. The van der Waals surface area contributed by atoms with Crippen LogP contribution in [0.1, 0.15) is 42.2 Å². The second-order valence-electron chi connectivity index (χ2n) is 5.27. The molecule has 2 rings (SSSR count). The zero-order valence-corrected chi connectivity index (χ0v) is 14.4. The van der Waals surface area contributed by atoms with Crippen molar-refractivity contribution in [2.45, 2.75) is 31.6 Å².